The number of alkyl halides is 1. The SMILES string of the molecule is Fc1cc(F)c(C(Cl)C2Cc3ccccc32)cc1F. The molecular weight excluding hydrogens is 273 g/mol. The Morgan fingerprint density at radius 2 is 1.68 bits per heavy atom. The molecule has 0 heterocycles. The van der Waals surface area contributed by atoms with E-state index in [0.717, 1.165) is 18.1 Å². The van der Waals surface area contributed by atoms with Gasteiger partial charge in [-0.05, 0) is 23.6 Å². The van der Waals surface area contributed by atoms with Crippen LogP contribution in [0.4, 0.5) is 13.2 Å². The zero-order valence-corrected chi connectivity index (χ0v) is 10.6. The minimum Gasteiger partial charge on any atom is -0.207 e. The predicted molar refractivity (Wildman–Crippen MR) is 67.8 cm³/mol. The van der Waals surface area contributed by atoms with Gasteiger partial charge < -0.3 is 0 Å². The van der Waals surface area contributed by atoms with E-state index in [9.17, 15) is 13.2 Å². The van der Waals surface area contributed by atoms with Gasteiger partial charge in [0.25, 0.3) is 0 Å². The van der Waals surface area contributed by atoms with E-state index in [-0.39, 0.29) is 11.5 Å². The van der Waals surface area contributed by atoms with E-state index in [4.69, 9.17) is 11.6 Å². The van der Waals surface area contributed by atoms with E-state index in [0.29, 0.717) is 6.07 Å². The Morgan fingerprint density at radius 3 is 2.42 bits per heavy atom. The van der Waals surface area contributed by atoms with Gasteiger partial charge in [-0.15, -0.1) is 11.6 Å². The van der Waals surface area contributed by atoms with Crippen LogP contribution in [-0.4, -0.2) is 0 Å². The van der Waals surface area contributed by atoms with Crippen molar-refractivity contribution in [3.8, 4) is 0 Å². The first-order valence-corrected chi connectivity index (χ1v) is 6.38. The van der Waals surface area contributed by atoms with Crippen LogP contribution in [0.25, 0.3) is 0 Å². The maximum absolute atomic E-state index is 13.7. The Morgan fingerprint density at radius 1 is 1.00 bits per heavy atom. The van der Waals surface area contributed by atoms with Crippen LogP contribution < -0.4 is 0 Å². The molecule has 0 aliphatic heterocycles. The fourth-order valence-electron chi connectivity index (χ4n) is 2.52. The van der Waals surface area contributed by atoms with Crippen molar-refractivity contribution in [3.63, 3.8) is 0 Å². The molecule has 4 heteroatoms. The van der Waals surface area contributed by atoms with Gasteiger partial charge in [0, 0.05) is 17.5 Å². The molecule has 1 aliphatic carbocycles. The highest BCUT2D eigenvalue weighted by Crippen LogP contribution is 2.47. The lowest BCUT2D eigenvalue weighted by Crippen LogP contribution is -2.21. The van der Waals surface area contributed by atoms with Gasteiger partial charge in [-0.3, -0.25) is 0 Å². The third-order valence-corrected chi connectivity index (χ3v) is 4.12. The van der Waals surface area contributed by atoms with Crippen molar-refractivity contribution in [1.82, 2.24) is 0 Å². The van der Waals surface area contributed by atoms with Gasteiger partial charge in [0.15, 0.2) is 11.6 Å². The Hall–Kier alpha value is -1.48. The van der Waals surface area contributed by atoms with Gasteiger partial charge >= 0.3 is 0 Å². The molecule has 0 radical (unpaired) electrons. The normalized spacial score (nSPS) is 18.6. The summed E-state index contributed by atoms with van der Waals surface area (Å²) in [5.41, 5.74) is 2.23. The summed E-state index contributed by atoms with van der Waals surface area (Å²) in [5, 5.41) is -0.690. The Kier molecular flexibility index (Phi) is 3.02. The van der Waals surface area contributed by atoms with Crippen LogP contribution in [0.5, 0.6) is 0 Å². The van der Waals surface area contributed by atoms with Gasteiger partial charge in [0.05, 0.1) is 5.38 Å². The maximum atomic E-state index is 13.7. The van der Waals surface area contributed by atoms with E-state index in [2.05, 4.69) is 0 Å². The molecule has 0 saturated carbocycles. The van der Waals surface area contributed by atoms with Crippen LogP contribution in [0, 0.1) is 17.5 Å². The number of halogens is 4. The summed E-state index contributed by atoms with van der Waals surface area (Å²) < 4.78 is 39.8. The lowest BCUT2D eigenvalue weighted by Gasteiger charge is -2.33. The summed E-state index contributed by atoms with van der Waals surface area (Å²) in [6, 6.07) is 9.12. The minimum absolute atomic E-state index is 0.0140. The number of benzene rings is 2. The molecule has 0 saturated heterocycles. The zero-order valence-electron chi connectivity index (χ0n) is 9.84. The number of hydrogen-bond acceptors (Lipinski definition) is 0. The molecule has 0 amide bonds. The molecule has 2 atom stereocenters. The molecule has 2 unspecified atom stereocenters. The molecule has 1 aliphatic rings. The van der Waals surface area contributed by atoms with Crippen molar-refractivity contribution in [2.45, 2.75) is 17.7 Å². The van der Waals surface area contributed by atoms with E-state index in [1.807, 2.05) is 24.3 Å². The molecule has 3 rings (SSSR count). The first-order valence-electron chi connectivity index (χ1n) is 5.94. The third-order valence-electron chi connectivity index (χ3n) is 3.58. The fourth-order valence-corrected chi connectivity index (χ4v) is 2.92. The number of rotatable bonds is 2. The van der Waals surface area contributed by atoms with Crippen LogP contribution in [0.3, 0.4) is 0 Å². The molecule has 2 aromatic rings. The summed E-state index contributed by atoms with van der Waals surface area (Å²) in [5.74, 6) is -3.13. The Labute approximate surface area is 113 Å². The van der Waals surface area contributed by atoms with Gasteiger partial charge in [-0.25, -0.2) is 13.2 Å². The Balaban J connectivity index is 1.94. The molecule has 0 aromatic heterocycles. The average Bonchev–Trinajstić information content (AvgIpc) is 2.35. The minimum atomic E-state index is -1.20. The van der Waals surface area contributed by atoms with E-state index in [1.54, 1.807) is 0 Å². The van der Waals surface area contributed by atoms with Crippen molar-refractivity contribution in [1.29, 1.82) is 0 Å². The lowest BCUT2D eigenvalue weighted by atomic mass is 9.74. The lowest BCUT2D eigenvalue weighted by molar-refractivity contribution is 0.482. The summed E-state index contributed by atoms with van der Waals surface area (Å²) in [4.78, 5) is 0. The van der Waals surface area contributed by atoms with Crippen LogP contribution >= 0.6 is 11.6 Å². The molecule has 98 valence electrons. The molecule has 19 heavy (non-hydrogen) atoms. The molecule has 0 nitrogen and oxygen atoms in total. The summed E-state index contributed by atoms with van der Waals surface area (Å²) in [6.07, 6.45) is 0.725. The van der Waals surface area contributed by atoms with Crippen LogP contribution in [0.15, 0.2) is 36.4 Å². The van der Waals surface area contributed by atoms with Crippen LogP contribution in [0.1, 0.15) is 28.0 Å². The van der Waals surface area contributed by atoms with Crippen molar-refractivity contribution in [2.75, 3.05) is 0 Å². The third kappa shape index (κ3) is 2.02. The Bertz CT molecular complexity index is 639. The molecule has 2 aromatic carbocycles. The highest BCUT2D eigenvalue weighted by atomic mass is 35.5. The van der Waals surface area contributed by atoms with Crippen molar-refractivity contribution in [2.24, 2.45) is 0 Å². The second kappa shape index (κ2) is 4.57. The van der Waals surface area contributed by atoms with Crippen LogP contribution in [-0.2, 0) is 6.42 Å². The van der Waals surface area contributed by atoms with Crippen molar-refractivity contribution >= 4 is 11.6 Å². The molecule has 0 N–H and O–H groups in total. The predicted octanol–water partition coefficient (Wildman–Crippen LogP) is 4.72. The second-order valence-electron chi connectivity index (χ2n) is 4.70. The quantitative estimate of drug-likeness (QED) is 0.552. The van der Waals surface area contributed by atoms with Gasteiger partial charge in [0.2, 0.25) is 0 Å². The van der Waals surface area contributed by atoms with Gasteiger partial charge in [-0.1, -0.05) is 24.3 Å². The fraction of sp³-hybridized carbons (Fsp3) is 0.200. The standard InChI is InChI=1S/C15H10ClF3/c16-15(10-5-8-3-1-2-4-9(8)10)11-6-13(18)14(19)7-12(11)17/h1-4,6-7,10,15H,5H2. The topological polar surface area (TPSA) is 0 Å². The molecule has 0 spiro atoms. The summed E-state index contributed by atoms with van der Waals surface area (Å²) >= 11 is 6.24. The highest BCUT2D eigenvalue weighted by Gasteiger charge is 2.34. The van der Waals surface area contributed by atoms with Crippen LogP contribution in [0.2, 0.25) is 0 Å². The zero-order chi connectivity index (χ0) is 13.6. The van der Waals surface area contributed by atoms with Gasteiger partial charge in [0.1, 0.15) is 5.82 Å². The smallest absolute Gasteiger partial charge is 0.161 e. The van der Waals surface area contributed by atoms with Crippen molar-refractivity contribution < 1.29 is 13.2 Å². The number of hydrogen-bond donors (Lipinski definition) is 0. The average molecular weight is 283 g/mol. The van der Waals surface area contributed by atoms with E-state index >= 15 is 0 Å². The summed E-state index contributed by atoms with van der Waals surface area (Å²) in [7, 11) is 0. The van der Waals surface area contributed by atoms with E-state index < -0.39 is 22.8 Å². The first kappa shape index (κ1) is 12.5. The van der Waals surface area contributed by atoms with E-state index in [1.165, 1.54) is 5.56 Å². The first-order chi connectivity index (χ1) is 9.08. The van der Waals surface area contributed by atoms with Gasteiger partial charge in [-0.2, -0.15) is 0 Å². The molecular formula is C15H10ClF3. The highest BCUT2D eigenvalue weighted by molar-refractivity contribution is 6.21. The largest absolute Gasteiger partial charge is 0.207 e. The monoisotopic (exact) mass is 282 g/mol. The second-order valence-corrected chi connectivity index (χ2v) is 5.17. The van der Waals surface area contributed by atoms with Crippen molar-refractivity contribution in [3.05, 3.63) is 70.5 Å². The maximum Gasteiger partial charge on any atom is 0.161 e. The number of fused-ring (bicyclic) bond motifs is 1. The molecule has 0 bridgehead atoms. The molecule has 0 fully saturated rings. The summed E-state index contributed by atoms with van der Waals surface area (Å²) in [6.45, 7) is 0.